The van der Waals surface area contributed by atoms with Crippen LogP contribution < -0.4 is 10.6 Å². The van der Waals surface area contributed by atoms with Gasteiger partial charge in [0, 0.05) is 30.1 Å². The Kier molecular flexibility index (Phi) is 3.67. The van der Waals surface area contributed by atoms with Crippen LogP contribution in [0.25, 0.3) is 0 Å². The Balaban J connectivity index is 2.13. The zero-order chi connectivity index (χ0) is 10.7. The van der Waals surface area contributed by atoms with Crippen LogP contribution >= 0.6 is 11.8 Å². The van der Waals surface area contributed by atoms with Gasteiger partial charge in [-0.2, -0.15) is 0 Å². The molecule has 0 aliphatic carbocycles. The van der Waals surface area contributed by atoms with Crippen LogP contribution in [0.1, 0.15) is 18.5 Å². The first kappa shape index (κ1) is 11.0. The van der Waals surface area contributed by atoms with Crippen LogP contribution in [0.4, 0.5) is 0 Å². The normalized spacial score (nSPS) is 26.5. The van der Waals surface area contributed by atoms with Gasteiger partial charge in [0.25, 0.3) is 0 Å². The first-order chi connectivity index (χ1) is 7.31. The minimum atomic E-state index is 0.453. The molecule has 2 atom stereocenters. The predicted octanol–water partition coefficient (Wildman–Crippen LogP) is 2.03. The summed E-state index contributed by atoms with van der Waals surface area (Å²) >= 11 is 1.79. The number of benzene rings is 1. The lowest BCUT2D eigenvalue weighted by Gasteiger charge is -2.31. The van der Waals surface area contributed by atoms with Crippen molar-refractivity contribution in [2.75, 3.05) is 19.3 Å². The van der Waals surface area contributed by atoms with Crippen molar-refractivity contribution >= 4 is 11.8 Å². The lowest BCUT2D eigenvalue weighted by Crippen LogP contribution is -2.48. The second-order valence-electron chi connectivity index (χ2n) is 3.95. The Labute approximate surface area is 95.8 Å². The van der Waals surface area contributed by atoms with Gasteiger partial charge in [-0.25, -0.2) is 0 Å². The van der Waals surface area contributed by atoms with Crippen LogP contribution in [0, 0.1) is 0 Å². The highest BCUT2D eigenvalue weighted by Gasteiger charge is 2.21. The topological polar surface area (TPSA) is 24.1 Å². The molecule has 1 aromatic rings. The molecular formula is C12H18N2S. The summed E-state index contributed by atoms with van der Waals surface area (Å²) in [4.78, 5) is 1.33. The number of nitrogens with one attached hydrogen (secondary N) is 2. The van der Waals surface area contributed by atoms with Gasteiger partial charge in [-0.3, -0.25) is 0 Å². The highest BCUT2D eigenvalue weighted by Crippen LogP contribution is 2.22. The van der Waals surface area contributed by atoms with Crippen molar-refractivity contribution in [2.45, 2.75) is 23.9 Å². The number of thioether (sulfide) groups is 1. The van der Waals surface area contributed by atoms with Crippen molar-refractivity contribution in [2.24, 2.45) is 0 Å². The molecule has 15 heavy (non-hydrogen) atoms. The van der Waals surface area contributed by atoms with E-state index < -0.39 is 0 Å². The number of hydrogen-bond acceptors (Lipinski definition) is 3. The van der Waals surface area contributed by atoms with E-state index in [2.05, 4.69) is 48.1 Å². The molecule has 0 bridgehead atoms. The van der Waals surface area contributed by atoms with Gasteiger partial charge in [0.15, 0.2) is 0 Å². The summed E-state index contributed by atoms with van der Waals surface area (Å²) in [5, 5.41) is 7.04. The average Bonchev–Trinajstić information content (AvgIpc) is 2.30. The van der Waals surface area contributed by atoms with E-state index in [-0.39, 0.29) is 0 Å². The van der Waals surface area contributed by atoms with E-state index in [1.165, 1.54) is 10.5 Å². The largest absolute Gasteiger partial charge is 0.311 e. The van der Waals surface area contributed by atoms with Crippen LogP contribution in [-0.2, 0) is 0 Å². The molecule has 1 fully saturated rings. The fourth-order valence-electron chi connectivity index (χ4n) is 2.04. The molecule has 0 radical (unpaired) electrons. The zero-order valence-electron chi connectivity index (χ0n) is 9.29. The molecule has 0 saturated carbocycles. The molecule has 0 aromatic heterocycles. The maximum Gasteiger partial charge on any atom is 0.0473 e. The van der Waals surface area contributed by atoms with Gasteiger partial charge in [-0.1, -0.05) is 12.1 Å². The molecule has 82 valence electrons. The summed E-state index contributed by atoms with van der Waals surface area (Å²) in [6.45, 7) is 4.36. The highest BCUT2D eigenvalue weighted by molar-refractivity contribution is 7.98. The van der Waals surface area contributed by atoms with Crippen LogP contribution in [-0.4, -0.2) is 25.4 Å². The molecular weight excluding hydrogens is 204 g/mol. The van der Waals surface area contributed by atoms with Crippen molar-refractivity contribution in [3.05, 3.63) is 29.8 Å². The predicted molar refractivity (Wildman–Crippen MR) is 66.4 cm³/mol. The summed E-state index contributed by atoms with van der Waals surface area (Å²) in [6.07, 6.45) is 2.11. The molecule has 1 aromatic carbocycles. The van der Waals surface area contributed by atoms with Gasteiger partial charge in [0.05, 0.1) is 0 Å². The van der Waals surface area contributed by atoms with Crippen molar-refractivity contribution in [1.29, 1.82) is 0 Å². The Morgan fingerprint density at radius 2 is 1.80 bits per heavy atom. The molecule has 0 spiro atoms. The SMILES string of the molecule is CSc1ccc(C2NCCNC2C)cc1. The Morgan fingerprint density at radius 1 is 1.13 bits per heavy atom. The lowest BCUT2D eigenvalue weighted by atomic mass is 9.99. The zero-order valence-corrected chi connectivity index (χ0v) is 10.1. The van der Waals surface area contributed by atoms with E-state index >= 15 is 0 Å². The fraction of sp³-hybridized carbons (Fsp3) is 0.500. The van der Waals surface area contributed by atoms with Crippen molar-refractivity contribution in [3.8, 4) is 0 Å². The van der Waals surface area contributed by atoms with E-state index in [0.717, 1.165) is 13.1 Å². The van der Waals surface area contributed by atoms with Gasteiger partial charge in [-0.15, -0.1) is 11.8 Å². The maximum absolute atomic E-state index is 3.55. The summed E-state index contributed by atoms with van der Waals surface area (Å²) < 4.78 is 0. The smallest absolute Gasteiger partial charge is 0.0473 e. The van der Waals surface area contributed by atoms with Crippen LogP contribution in [0.2, 0.25) is 0 Å². The fourth-order valence-corrected chi connectivity index (χ4v) is 2.45. The molecule has 2 N–H and O–H groups in total. The second-order valence-corrected chi connectivity index (χ2v) is 4.83. The van der Waals surface area contributed by atoms with Crippen molar-refractivity contribution in [3.63, 3.8) is 0 Å². The quantitative estimate of drug-likeness (QED) is 0.749. The van der Waals surface area contributed by atoms with E-state index in [1.54, 1.807) is 11.8 Å². The third-order valence-electron chi connectivity index (χ3n) is 2.93. The summed E-state index contributed by atoms with van der Waals surface area (Å²) in [5.41, 5.74) is 1.38. The molecule has 2 nitrogen and oxygen atoms in total. The Bertz CT molecular complexity index is 310. The molecule has 1 heterocycles. The van der Waals surface area contributed by atoms with Gasteiger partial charge in [0.2, 0.25) is 0 Å². The van der Waals surface area contributed by atoms with Gasteiger partial charge in [-0.05, 0) is 30.9 Å². The van der Waals surface area contributed by atoms with E-state index in [1.807, 2.05) is 0 Å². The van der Waals surface area contributed by atoms with Gasteiger partial charge >= 0.3 is 0 Å². The first-order valence-electron chi connectivity index (χ1n) is 5.42. The van der Waals surface area contributed by atoms with Crippen molar-refractivity contribution < 1.29 is 0 Å². The average molecular weight is 222 g/mol. The first-order valence-corrected chi connectivity index (χ1v) is 6.64. The van der Waals surface area contributed by atoms with Gasteiger partial charge in [0.1, 0.15) is 0 Å². The minimum Gasteiger partial charge on any atom is -0.311 e. The molecule has 2 rings (SSSR count). The lowest BCUT2D eigenvalue weighted by molar-refractivity contribution is 0.345. The highest BCUT2D eigenvalue weighted by atomic mass is 32.2. The van der Waals surface area contributed by atoms with E-state index in [0.29, 0.717) is 12.1 Å². The summed E-state index contributed by atoms with van der Waals surface area (Å²) in [6, 6.07) is 9.82. The standard InChI is InChI=1S/C12H18N2S/c1-9-12(14-8-7-13-9)10-3-5-11(15-2)6-4-10/h3-6,9,12-14H,7-8H2,1-2H3. The molecule has 0 amide bonds. The Hall–Kier alpha value is -0.510. The third-order valence-corrected chi connectivity index (χ3v) is 3.67. The monoisotopic (exact) mass is 222 g/mol. The molecule has 1 aliphatic heterocycles. The van der Waals surface area contributed by atoms with E-state index in [4.69, 9.17) is 0 Å². The minimum absolute atomic E-state index is 0.453. The van der Waals surface area contributed by atoms with E-state index in [9.17, 15) is 0 Å². The summed E-state index contributed by atoms with van der Waals surface area (Å²) in [7, 11) is 0. The molecule has 1 aliphatic rings. The Morgan fingerprint density at radius 3 is 2.40 bits per heavy atom. The van der Waals surface area contributed by atoms with Gasteiger partial charge < -0.3 is 10.6 Å². The summed E-state index contributed by atoms with van der Waals surface area (Å²) in [5.74, 6) is 0. The van der Waals surface area contributed by atoms with Crippen molar-refractivity contribution in [1.82, 2.24) is 10.6 Å². The van der Waals surface area contributed by atoms with Crippen LogP contribution in [0.3, 0.4) is 0 Å². The molecule has 3 heteroatoms. The molecule has 2 unspecified atom stereocenters. The molecule has 1 saturated heterocycles. The third kappa shape index (κ3) is 2.54. The van der Waals surface area contributed by atoms with Crippen LogP contribution in [0.15, 0.2) is 29.2 Å². The van der Waals surface area contributed by atoms with Crippen LogP contribution in [0.5, 0.6) is 0 Å². The second kappa shape index (κ2) is 5.01. The maximum atomic E-state index is 3.55. The number of hydrogen-bond donors (Lipinski definition) is 2. The number of rotatable bonds is 2. The number of piperazine rings is 1.